The second-order valence-corrected chi connectivity index (χ2v) is 13.6. The van der Waals surface area contributed by atoms with Crippen LogP contribution in [0.4, 0.5) is 11.4 Å². The lowest BCUT2D eigenvalue weighted by atomic mass is 10.1. The van der Waals surface area contributed by atoms with E-state index in [1.807, 2.05) is 0 Å². The number of rotatable bonds is 24. The number of nitrogens with zero attached hydrogens (tertiary/aromatic N) is 8. The molecule has 0 saturated carbocycles. The first-order valence-electron chi connectivity index (χ1n) is 15.5. The minimum Gasteiger partial charge on any atom is -0.380 e. The zero-order chi connectivity index (χ0) is 35.4. The highest BCUT2D eigenvalue weighted by Gasteiger charge is 2.28. The van der Waals surface area contributed by atoms with Crippen molar-refractivity contribution in [3.8, 4) is 0 Å². The standard InChI is InChI=1S/C30H44N8O8S2/c1-5-43-19-15-37(16-20-44-6-2)47(39,40)29-23-27(33-35-31)13-11-25(29)9-10-26-12-14-28(34-36-32)24-30(26)48(41,42)38(17-21-45-7-3)18-22-46-8-4/h9-14,23-24H,5-8,15-22H2,1-4H3/b10-9+. The van der Waals surface area contributed by atoms with Gasteiger partial charge in [-0.2, -0.15) is 8.61 Å². The summed E-state index contributed by atoms with van der Waals surface area (Å²) in [6.07, 6.45) is 2.92. The minimum absolute atomic E-state index is 0.0424. The molecule has 0 atom stereocenters. The smallest absolute Gasteiger partial charge is 0.243 e. The number of hydrogen-bond acceptors (Lipinski definition) is 10. The van der Waals surface area contributed by atoms with E-state index in [9.17, 15) is 16.8 Å². The monoisotopic (exact) mass is 708 g/mol. The van der Waals surface area contributed by atoms with E-state index in [1.165, 1.54) is 57.2 Å². The molecule has 0 unspecified atom stereocenters. The lowest BCUT2D eigenvalue weighted by Gasteiger charge is -2.24. The van der Waals surface area contributed by atoms with E-state index in [1.54, 1.807) is 27.7 Å². The van der Waals surface area contributed by atoms with Crippen LogP contribution in [-0.2, 0) is 39.0 Å². The van der Waals surface area contributed by atoms with Crippen molar-refractivity contribution < 1.29 is 35.8 Å². The molecule has 0 saturated heterocycles. The summed E-state index contributed by atoms with van der Waals surface area (Å²) in [5.41, 5.74) is 18.6. The maximum atomic E-state index is 14.1. The third-order valence-corrected chi connectivity index (χ3v) is 10.7. The first kappa shape index (κ1) is 40.6. The molecule has 0 heterocycles. The fourth-order valence-electron chi connectivity index (χ4n) is 4.40. The Labute approximate surface area is 282 Å². The van der Waals surface area contributed by atoms with Crippen molar-refractivity contribution in [3.05, 3.63) is 68.4 Å². The highest BCUT2D eigenvalue weighted by Crippen LogP contribution is 2.30. The molecule has 0 radical (unpaired) electrons. The van der Waals surface area contributed by atoms with Gasteiger partial charge in [-0.05, 0) is 62.0 Å². The van der Waals surface area contributed by atoms with Crippen molar-refractivity contribution in [2.75, 3.05) is 79.0 Å². The molecule has 0 N–H and O–H groups in total. The summed E-state index contributed by atoms with van der Waals surface area (Å²) in [5, 5.41) is 7.17. The normalized spacial score (nSPS) is 12.0. The van der Waals surface area contributed by atoms with Crippen LogP contribution >= 0.6 is 0 Å². The summed E-state index contributed by atoms with van der Waals surface area (Å²) in [5.74, 6) is 0. The molecule has 48 heavy (non-hydrogen) atoms. The van der Waals surface area contributed by atoms with Crippen LogP contribution in [0.1, 0.15) is 38.8 Å². The third-order valence-electron chi connectivity index (χ3n) is 6.75. The number of hydrogen-bond donors (Lipinski definition) is 0. The Hall–Kier alpha value is -3.54. The van der Waals surface area contributed by atoms with Crippen molar-refractivity contribution in [1.29, 1.82) is 0 Å². The molecular weight excluding hydrogens is 665 g/mol. The Bertz CT molecular complexity index is 1520. The topological polar surface area (TPSA) is 209 Å². The number of benzene rings is 2. The van der Waals surface area contributed by atoms with Crippen molar-refractivity contribution in [3.63, 3.8) is 0 Å². The lowest BCUT2D eigenvalue weighted by Crippen LogP contribution is -2.37. The molecule has 2 aromatic rings. The summed E-state index contributed by atoms with van der Waals surface area (Å²) < 4.78 is 80.4. The predicted octanol–water partition coefficient (Wildman–Crippen LogP) is 5.87. The molecule has 0 amide bonds. The summed E-state index contributed by atoms with van der Waals surface area (Å²) in [6, 6.07) is 8.36. The largest absolute Gasteiger partial charge is 0.380 e. The van der Waals surface area contributed by atoms with Gasteiger partial charge in [0.15, 0.2) is 0 Å². The van der Waals surface area contributed by atoms with Crippen molar-refractivity contribution in [2.45, 2.75) is 37.5 Å². The zero-order valence-electron chi connectivity index (χ0n) is 27.8. The molecule has 16 nitrogen and oxygen atoms in total. The molecule has 0 aliphatic rings. The third kappa shape index (κ3) is 12.2. The van der Waals surface area contributed by atoms with E-state index < -0.39 is 20.0 Å². The van der Waals surface area contributed by atoms with Gasteiger partial charge in [-0.25, -0.2) is 16.8 Å². The molecule has 0 aromatic heterocycles. The van der Waals surface area contributed by atoms with Gasteiger partial charge in [-0.1, -0.05) is 46.6 Å². The Kier molecular flexibility index (Phi) is 18.1. The van der Waals surface area contributed by atoms with Gasteiger partial charge in [0, 0.05) is 73.8 Å². The first-order valence-corrected chi connectivity index (χ1v) is 18.4. The minimum atomic E-state index is -4.20. The Balaban J connectivity index is 2.71. The lowest BCUT2D eigenvalue weighted by molar-refractivity contribution is 0.110. The summed E-state index contributed by atoms with van der Waals surface area (Å²) in [7, 11) is -8.40. The van der Waals surface area contributed by atoms with E-state index in [0.29, 0.717) is 26.4 Å². The fourth-order valence-corrected chi connectivity index (χ4v) is 7.62. The van der Waals surface area contributed by atoms with Gasteiger partial charge >= 0.3 is 0 Å². The fraction of sp³-hybridized carbons (Fsp3) is 0.533. The second kappa shape index (κ2) is 21.4. The molecule has 2 aromatic carbocycles. The molecule has 0 spiro atoms. The summed E-state index contributed by atoms with van der Waals surface area (Å²) >= 11 is 0. The SMILES string of the molecule is CCOCCN(CCOCC)S(=O)(=O)c1cc(N=[N+]=[N-])ccc1/C=C/c1ccc(N=[N+]=[N-])cc1S(=O)(=O)N(CCOCC)CCOCC. The Morgan fingerprint density at radius 1 is 0.604 bits per heavy atom. The van der Waals surface area contributed by atoms with Crippen LogP contribution in [0.5, 0.6) is 0 Å². The highest BCUT2D eigenvalue weighted by molar-refractivity contribution is 7.89. The quantitative estimate of drug-likeness (QED) is 0.0422. The summed E-state index contributed by atoms with van der Waals surface area (Å²) in [6.45, 7) is 9.56. The Morgan fingerprint density at radius 3 is 1.19 bits per heavy atom. The van der Waals surface area contributed by atoms with E-state index in [-0.39, 0.29) is 84.9 Å². The van der Waals surface area contributed by atoms with E-state index >= 15 is 0 Å². The number of sulfonamides is 2. The first-order chi connectivity index (χ1) is 23.1. The Morgan fingerprint density at radius 2 is 0.917 bits per heavy atom. The van der Waals surface area contributed by atoms with E-state index in [0.717, 1.165) is 0 Å². The number of azide groups is 2. The average molecular weight is 709 g/mol. The van der Waals surface area contributed by atoms with E-state index in [2.05, 4.69) is 20.1 Å². The van der Waals surface area contributed by atoms with Gasteiger partial charge in [0.05, 0.1) is 36.2 Å². The zero-order valence-corrected chi connectivity index (χ0v) is 29.4. The van der Waals surface area contributed by atoms with Gasteiger partial charge in [0.1, 0.15) is 0 Å². The van der Waals surface area contributed by atoms with E-state index in [4.69, 9.17) is 30.0 Å². The van der Waals surface area contributed by atoms with Crippen LogP contribution in [0, 0.1) is 0 Å². The van der Waals surface area contributed by atoms with Gasteiger partial charge in [-0.15, -0.1) is 0 Å². The van der Waals surface area contributed by atoms with Crippen LogP contribution in [0.25, 0.3) is 33.0 Å². The van der Waals surface area contributed by atoms with Gasteiger partial charge < -0.3 is 18.9 Å². The van der Waals surface area contributed by atoms with Crippen molar-refractivity contribution >= 4 is 43.6 Å². The molecule has 0 fully saturated rings. The maximum Gasteiger partial charge on any atom is 0.243 e. The van der Waals surface area contributed by atoms with Crippen LogP contribution < -0.4 is 0 Å². The molecule has 0 aliphatic carbocycles. The molecule has 18 heteroatoms. The molecule has 0 bridgehead atoms. The van der Waals surface area contributed by atoms with Gasteiger partial charge in [0.25, 0.3) is 0 Å². The molecular formula is C30H44N8O8S2. The molecule has 0 aliphatic heterocycles. The van der Waals surface area contributed by atoms with Crippen LogP contribution in [-0.4, -0.2) is 104 Å². The molecule has 2 rings (SSSR count). The molecule has 264 valence electrons. The maximum absolute atomic E-state index is 14.1. The summed E-state index contributed by atoms with van der Waals surface area (Å²) in [4.78, 5) is 5.24. The second-order valence-electron chi connectivity index (χ2n) is 9.75. The van der Waals surface area contributed by atoms with Crippen molar-refractivity contribution in [1.82, 2.24) is 8.61 Å². The van der Waals surface area contributed by atoms with Crippen LogP contribution in [0.2, 0.25) is 0 Å². The average Bonchev–Trinajstić information content (AvgIpc) is 3.07. The highest BCUT2D eigenvalue weighted by atomic mass is 32.2. The van der Waals surface area contributed by atoms with Crippen LogP contribution in [0.3, 0.4) is 0 Å². The van der Waals surface area contributed by atoms with Gasteiger partial charge in [0.2, 0.25) is 20.0 Å². The predicted molar refractivity (Wildman–Crippen MR) is 183 cm³/mol. The number of ether oxygens (including phenoxy) is 4. The van der Waals surface area contributed by atoms with Crippen molar-refractivity contribution in [2.24, 2.45) is 10.2 Å². The van der Waals surface area contributed by atoms with Crippen LogP contribution in [0.15, 0.2) is 56.4 Å². The van der Waals surface area contributed by atoms with Gasteiger partial charge in [-0.3, -0.25) is 0 Å².